The van der Waals surface area contributed by atoms with Crippen molar-refractivity contribution in [3.63, 3.8) is 0 Å². The molecule has 2 N–H and O–H groups in total. The normalized spacial score (nSPS) is 23.6. The summed E-state index contributed by atoms with van der Waals surface area (Å²) in [5, 5.41) is 3.09. The highest BCUT2D eigenvalue weighted by Crippen LogP contribution is 2.47. The van der Waals surface area contributed by atoms with Gasteiger partial charge in [-0.1, -0.05) is 12.1 Å². The third-order valence-electron chi connectivity index (χ3n) is 5.30. The molecule has 0 saturated heterocycles. The first-order valence-electron chi connectivity index (χ1n) is 9.03. The number of benzene rings is 1. The average Bonchev–Trinajstić information content (AvgIpc) is 3.53. The lowest BCUT2D eigenvalue weighted by Gasteiger charge is -2.11. The molecule has 0 radical (unpaired) electrons. The molecule has 25 heavy (non-hydrogen) atoms. The summed E-state index contributed by atoms with van der Waals surface area (Å²) in [6.07, 6.45) is 3.29. The molecule has 2 aliphatic carbocycles. The van der Waals surface area contributed by atoms with Crippen LogP contribution in [-0.2, 0) is 4.79 Å². The van der Waals surface area contributed by atoms with E-state index in [4.69, 9.17) is 4.42 Å². The number of nitrogens with zero attached hydrogens (tertiary/aromatic N) is 1. The second kappa shape index (κ2) is 5.48. The zero-order valence-electron chi connectivity index (χ0n) is 14.2. The van der Waals surface area contributed by atoms with E-state index in [1.807, 2.05) is 43.3 Å². The zero-order valence-corrected chi connectivity index (χ0v) is 14.2. The van der Waals surface area contributed by atoms with Gasteiger partial charge in [-0.15, -0.1) is 0 Å². The molecule has 5 rings (SSSR count). The van der Waals surface area contributed by atoms with Gasteiger partial charge in [-0.05, 0) is 50.5 Å². The van der Waals surface area contributed by atoms with Crippen molar-refractivity contribution < 1.29 is 9.21 Å². The molecule has 2 aromatic heterocycles. The first kappa shape index (κ1) is 14.8. The van der Waals surface area contributed by atoms with Crippen LogP contribution in [0.15, 0.2) is 40.8 Å². The van der Waals surface area contributed by atoms with Crippen LogP contribution in [0.3, 0.4) is 0 Å². The fourth-order valence-corrected chi connectivity index (χ4v) is 3.52. The number of hydrogen-bond acceptors (Lipinski definition) is 3. The third kappa shape index (κ3) is 2.73. The fourth-order valence-electron chi connectivity index (χ4n) is 3.52. The predicted molar refractivity (Wildman–Crippen MR) is 94.2 cm³/mol. The van der Waals surface area contributed by atoms with Gasteiger partial charge in [-0.25, -0.2) is 4.98 Å². The summed E-state index contributed by atoms with van der Waals surface area (Å²) in [5.74, 6) is 3.70. The van der Waals surface area contributed by atoms with Crippen LogP contribution in [0.1, 0.15) is 61.4 Å². The Morgan fingerprint density at radius 3 is 2.92 bits per heavy atom. The Balaban J connectivity index is 1.24. The number of nitrogens with one attached hydrogen (secondary N) is 2. The smallest absolute Gasteiger partial charge is 0.224 e. The van der Waals surface area contributed by atoms with Gasteiger partial charge >= 0.3 is 0 Å². The molecule has 2 saturated carbocycles. The molecule has 2 fully saturated rings. The van der Waals surface area contributed by atoms with Gasteiger partial charge < -0.3 is 14.7 Å². The summed E-state index contributed by atoms with van der Waals surface area (Å²) in [4.78, 5) is 20.5. The molecular formula is C20H21N3O2. The number of aromatic amines is 1. The number of para-hydroxylation sites is 2. The molecule has 1 aromatic carbocycles. The summed E-state index contributed by atoms with van der Waals surface area (Å²) < 4.78 is 5.89. The van der Waals surface area contributed by atoms with Gasteiger partial charge in [0.25, 0.3) is 0 Å². The summed E-state index contributed by atoms with van der Waals surface area (Å²) in [5.41, 5.74) is 1.99. The molecule has 3 atom stereocenters. The summed E-state index contributed by atoms with van der Waals surface area (Å²) in [6.45, 7) is 1.98. The number of carbonyl (C=O) groups is 1. The fraction of sp³-hybridized carbons (Fsp3) is 0.400. The Morgan fingerprint density at radius 2 is 2.12 bits per heavy atom. The highest BCUT2D eigenvalue weighted by atomic mass is 16.3. The Morgan fingerprint density at radius 1 is 1.28 bits per heavy atom. The number of rotatable bonds is 5. The van der Waals surface area contributed by atoms with Crippen molar-refractivity contribution in [2.45, 2.75) is 44.1 Å². The molecular weight excluding hydrogens is 314 g/mol. The van der Waals surface area contributed by atoms with Crippen molar-refractivity contribution in [2.24, 2.45) is 5.92 Å². The number of imidazole rings is 1. The molecule has 5 nitrogen and oxygen atoms in total. The van der Waals surface area contributed by atoms with E-state index >= 15 is 0 Å². The number of aromatic nitrogens is 2. The number of H-pyrrole nitrogens is 1. The van der Waals surface area contributed by atoms with Crippen molar-refractivity contribution in [1.82, 2.24) is 15.3 Å². The molecule has 0 bridgehead atoms. The molecule has 3 aromatic rings. The van der Waals surface area contributed by atoms with Gasteiger partial charge in [0.05, 0.1) is 17.1 Å². The van der Waals surface area contributed by atoms with Gasteiger partial charge in [0.1, 0.15) is 17.3 Å². The maximum Gasteiger partial charge on any atom is 0.224 e. The van der Waals surface area contributed by atoms with Crippen LogP contribution in [0, 0.1) is 5.92 Å². The van der Waals surface area contributed by atoms with Crippen LogP contribution in [0.25, 0.3) is 11.0 Å². The van der Waals surface area contributed by atoms with E-state index in [0.717, 1.165) is 34.8 Å². The van der Waals surface area contributed by atoms with Gasteiger partial charge in [0.15, 0.2) is 0 Å². The molecule has 1 unspecified atom stereocenters. The Hall–Kier alpha value is -2.56. The lowest BCUT2D eigenvalue weighted by atomic mass is 10.2. The molecule has 1 amide bonds. The minimum absolute atomic E-state index is 0.000812. The van der Waals surface area contributed by atoms with Gasteiger partial charge in [0, 0.05) is 17.8 Å². The lowest BCUT2D eigenvalue weighted by Crippen LogP contribution is -2.28. The van der Waals surface area contributed by atoms with Crippen molar-refractivity contribution in [3.05, 3.63) is 53.7 Å². The molecule has 0 spiro atoms. The summed E-state index contributed by atoms with van der Waals surface area (Å²) >= 11 is 0. The van der Waals surface area contributed by atoms with Crippen LogP contribution in [-0.4, -0.2) is 15.9 Å². The third-order valence-corrected chi connectivity index (χ3v) is 5.30. The van der Waals surface area contributed by atoms with E-state index in [-0.39, 0.29) is 23.8 Å². The highest BCUT2D eigenvalue weighted by Gasteiger charge is 2.46. The number of hydrogen-bond donors (Lipinski definition) is 2. The van der Waals surface area contributed by atoms with Gasteiger partial charge in [0.2, 0.25) is 5.91 Å². The molecule has 128 valence electrons. The van der Waals surface area contributed by atoms with Crippen LogP contribution in [0.4, 0.5) is 0 Å². The standard InChI is InChI=1S/C20H21N3O2/c1-11(17-8-9-18(25-17)12-6-7-12)21-20(24)14-10-13(14)19-22-15-4-2-3-5-16(15)23-19/h2-5,8-9,11-14H,6-7,10H2,1H3,(H,21,24)(H,22,23)/t11-,13?,14+/m1/s1. The van der Waals surface area contributed by atoms with E-state index < -0.39 is 0 Å². The summed E-state index contributed by atoms with van der Waals surface area (Å²) in [6, 6.07) is 11.9. The predicted octanol–water partition coefficient (Wildman–Crippen LogP) is 4.01. The second-order valence-corrected chi connectivity index (χ2v) is 7.33. The average molecular weight is 335 g/mol. The van der Waals surface area contributed by atoms with Crippen molar-refractivity contribution in [2.75, 3.05) is 0 Å². The Kier molecular flexibility index (Phi) is 3.23. The van der Waals surface area contributed by atoms with Crippen LogP contribution >= 0.6 is 0 Å². The van der Waals surface area contributed by atoms with E-state index in [9.17, 15) is 4.79 Å². The largest absolute Gasteiger partial charge is 0.464 e. The zero-order chi connectivity index (χ0) is 17.0. The first-order valence-corrected chi connectivity index (χ1v) is 9.03. The van der Waals surface area contributed by atoms with Gasteiger partial charge in [-0.3, -0.25) is 4.79 Å². The monoisotopic (exact) mass is 335 g/mol. The maximum absolute atomic E-state index is 12.5. The van der Waals surface area contributed by atoms with Crippen molar-refractivity contribution >= 4 is 16.9 Å². The first-order chi connectivity index (χ1) is 12.2. The maximum atomic E-state index is 12.5. The minimum atomic E-state index is -0.100. The number of fused-ring (bicyclic) bond motifs is 1. The van der Waals surface area contributed by atoms with Crippen LogP contribution in [0.5, 0.6) is 0 Å². The molecule has 2 heterocycles. The quantitative estimate of drug-likeness (QED) is 0.740. The van der Waals surface area contributed by atoms with E-state index in [2.05, 4.69) is 15.3 Å². The SMILES string of the molecule is C[C@@H](NC(=O)[C@H]1CC1c1nc2ccccc2[nH]1)c1ccc(C2CC2)o1. The van der Waals surface area contributed by atoms with Crippen LogP contribution < -0.4 is 5.32 Å². The Bertz CT molecular complexity index is 904. The molecule has 2 aliphatic rings. The number of amides is 1. The van der Waals surface area contributed by atoms with Crippen molar-refractivity contribution in [3.8, 4) is 0 Å². The second-order valence-electron chi connectivity index (χ2n) is 7.33. The summed E-state index contributed by atoms with van der Waals surface area (Å²) in [7, 11) is 0. The van der Waals surface area contributed by atoms with E-state index in [1.54, 1.807) is 0 Å². The molecule has 5 heteroatoms. The van der Waals surface area contributed by atoms with E-state index in [0.29, 0.717) is 5.92 Å². The highest BCUT2D eigenvalue weighted by molar-refractivity contribution is 5.83. The van der Waals surface area contributed by atoms with Crippen LogP contribution in [0.2, 0.25) is 0 Å². The van der Waals surface area contributed by atoms with Crippen molar-refractivity contribution in [1.29, 1.82) is 0 Å². The van der Waals surface area contributed by atoms with Gasteiger partial charge in [-0.2, -0.15) is 0 Å². The topological polar surface area (TPSA) is 70.9 Å². The Labute approximate surface area is 145 Å². The van der Waals surface area contributed by atoms with E-state index in [1.165, 1.54) is 12.8 Å². The lowest BCUT2D eigenvalue weighted by molar-refractivity contribution is -0.123. The number of furan rings is 1. The molecule has 0 aliphatic heterocycles. The number of carbonyl (C=O) groups excluding carboxylic acids is 1. The minimum Gasteiger partial charge on any atom is -0.464 e.